The van der Waals surface area contributed by atoms with E-state index in [0.717, 1.165) is 0 Å². The van der Waals surface area contributed by atoms with Gasteiger partial charge in [0.15, 0.2) is 0 Å². The maximum absolute atomic E-state index is 13.5. The molecule has 1 amide bonds. The molecule has 0 fully saturated rings. The predicted octanol–water partition coefficient (Wildman–Crippen LogP) is 3.20. The summed E-state index contributed by atoms with van der Waals surface area (Å²) in [4.78, 5) is 51.6. The van der Waals surface area contributed by atoms with Crippen LogP contribution in [0.15, 0.2) is 66.7 Å². The Morgan fingerprint density at radius 1 is 0.650 bits per heavy atom. The average molecular weight is 554 g/mol. The van der Waals surface area contributed by atoms with E-state index in [1.807, 2.05) is 0 Å². The Morgan fingerprint density at radius 3 is 1.62 bits per heavy atom. The lowest BCUT2D eigenvalue weighted by atomic mass is 10.1. The lowest BCUT2D eigenvalue weighted by Crippen LogP contribution is -2.48. The normalized spacial score (nSPS) is 11.8. The molecule has 12 nitrogen and oxygen atoms in total. The first-order valence-electron chi connectivity index (χ1n) is 11.7. The van der Waals surface area contributed by atoms with Crippen molar-refractivity contribution in [2.45, 2.75) is 12.2 Å². The Kier molecular flexibility index (Phi) is 9.90. The number of amides is 1. The van der Waals surface area contributed by atoms with Gasteiger partial charge in [0.25, 0.3) is 5.91 Å². The van der Waals surface area contributed by atoms with E-state index in [2.05, 4.69) is 5.32 Å². The fourth-order valence-corrected chi connectivity index (χ4v) is 3.48. The molecule has 0 bridgehead atoms. The SMILES string of the molecule is COc1cccc(C(=O)O[C@H](C(=O)Nc2cc(OC)ccc2OC)[C@@H](OC(=O)c2cccc(OC)c2)C(=O)O)c1. The Bertz CT molecular complexity index is 1390. The van der Waals surface area contributed by atoms with E-state index >= 15 is 0 Å². The summed E-state index contributed by atoms with van der Waals surface area (Å²) in [6.45, 7) is 0. The summed E-state index contributed by atoms with van der Waals surface area (Å²) in [5.41, 5.74) is -0.0183. The second-order valence-corrected chi connectivity index (χ2v) is 8.01. The molecular formula is C28H27NO11. The second kappa shape index (κ2) is 13.5. The van der Waals surface area contributed by atoms with Crippen LogP contribution in [0.25, 0.3) is 0 Å². The molecule has 0 aliphatic rings. The molecule has 0 spiro atoms. The number of hydrogen-bond donors (Lipinski definition) is 2. The van der Waals surface area contributed by atoms with Gasteiger partial charge >= 0.3 is 17.9 Å². The molecule has 0 aliphatic carbocycles. The van der Waals surface area contributed by atoms with Crippen LogP contribution in [0.1, 0.15) is 20.7 Å². The van der Waals surface area contributed by atoms with Crippen molar-refractivity contribution < 1.29 is 52.7 Å². The summed E-state index contributed by atoms with van der Waals surface area (Å²) in [7, 11) is 5.54. The van der Waals surface area contributed by atoms with Gasteiger partial charge in [-0.15, -0.1) is 0 Å². The van der Waals surface area contributed by atoms with Crippen molar-refractivity contribution in [3.05, 3.63) is 77.9 Å². The highest BCUT2D eigenvalue weighted by Crippen LogP contribution is 2.29. The minimum absolute atomic E-state index is 0.0422. The van der Waals surface area contributed by atoms with Crippen molar-refractivity contribution in [3.63, 3.8) is 0 Å². The van der Waals surface area contributed by atoms with Crippen LogP contribution in [0.4, 0.5) is 5.69 Å². The van der Waals surface area contributed by atoms with Crippen LogP contribution < -0.4 is 24.3 Å². The summed E-state index contributed by atoms with van der Waals surface area (Å²) in [6, 6.07) is 16.0. The van der Waals surface area contributed by atoms with Gasteiger partial charge in [-0.1, -0.05) is 12.1 Å². The molecule has 0 heterocycles. The molecule has 2 atom stereocenters. The average Bonchev–Trinajstić information content (AvgIpc) is 2.98. The molecular weight excluding hydrogens is 526 g/mol. The first kappa shape index (κ1) is 29.3. The minimum Gasteiger partial charge on any atom is -0.497 e. The minimum atomic E-state index is -2.25. The van der Waals surface area contributed by atoms with Crippen LogP contribution in [0, 0.1) is 0 Å². The number of carbonyl (C=O) groups is 4. The highest BCUT2D eigenvalue weighted by molar-refractivity contribution is 6.02. The van der Waals surface area contributed by atoms with Gasteiger partial charge < -0.3 is 38.8 Å². The van der Waals surface area contributed by atoms with E-state index in [0.29, 0.717) is 17.2 Å². The van der Waals surface area contributed by atoms with Crippen molar-refractivity contribution in [1.29, 1.82) is 0 Å². The summed E-state index contributed by atoms with van der Waals surface area (Å²) < 4.78 is 31.1. The smallest absolute Gasteiger partial charge is 0.349 e. The standard InChI is InChI=1S/C28H27NO11/c1-35-18-9-5-7-16(13-18)27(33)39-23(25(30)29-21-15-20(37-3)11-12-22(21)38-4)24(26(31)32)40-28(34)17-8-6-10-19(14-17)36-2/h5-15,23-24H,1-4H3,(H,29,30)(H,31,32)/t23-,24+/m0/s1. The van der Waals surface area contributed by atoms with Crippen molar-refractivity contribution in [2.75, 3.05) is 33.8 Å². The number of anilines is 1. The van der Waals surface area contributed by atoms with Crippen molar-refractivity contribution in [1.82, 2.24) is 0 Å². The lowest BCUT2D eigenvalue weighted by molar-refractivity contribution is -0.157. The molecule has 0 unspecified atom stereocenters. The van der Waals surface area contributed by atoms with Crippen molar-refractivity contribution >= 4 is 29.5 Å². The van der Waals surface area contributed by atoms with E-state index in [4.69, 9.17) is 28.4 Å². The summed E-state index contributed by atoms with van der Waals surface area (Å²) in [5, 5.41) is 12.4. The van der Waals surface area contributed by atoms with E-state index in [1.165, 1.54) is 77.0 Å². The molecule has 0 saturated heterocycles. The predicted molar refractivity (Wildman–Crippen MR) is 140 cm³/mol. The quantitative estimate of drug-likeness (QED) is 0.318. The van der Waals surface area contributed by atoms with Gasteiger partial charge in [0.2, 0.25) is 12.2 Å². The number of aliphatic carboxylic acids is 1. The fourth-order valence-electron chi connectivity index (χ4n) is 3.48. The molecule has 2 N–H and O–H groups in total. The molecule has 40 heavy (non-hydrogen) atoms. The number of methoxy groups -OCH3 is 4. The molecule has 210 valence electrons. The molecule has 0 aliphatic heterocycles. The van der Waals surface area contributed by atoms with Gasteiger partial charge in [-0.2, -0.15) is 0 Å². The number of ether oxygens (including phenoxy) is 6. The number of carboxylic acids is 1. The van der Waals surface area contributed by atoms with Gasteiger partial charge in [-0.05, 0) is 48.5 Å². The lowest BCUT2D eigenvalue weighted by Gasteiger charge is -2.24. The number of carbonyl (C=O) groups excluding carboxylic acids is 3. The van der Waals surface area contributed by atoms with Crippen LogP contribution >= 0.6 is 0 Å². The van der Waals surface area contributed by atoms with Gasteiger partial charge in [-0.3, -0.25) is 4.79 Å². The molecule has 0 radical (unpaired) electrons. The van der Waals surface area contributed by atoms with Crippen molar-refractivity contribution in [2.24, 2.45) is 0 Å². The highest BCUT2D eigenvalue weighted by Gasteiger charge is 2.41. The van der Waals surface area contributed by atoms with Gasteiger partial charge in [0.05, 0.1) is 45.3 Å². The van der Waals surface area contributed by atoms with Gasteiger partial charge in [-0.25, -0.2) is 14.4 Å². The van der Waals surface area contributed by atoms with Crippen LogP contribution in [-0.2, 0) is 19.1 Å². The molecule has 3 aromatic rings. The molecule has 3 rings (SSSR count). The van der Waals surface area contributed by atoms with E-state index in [1.54, 1.807) is 18.2 Å². The summed E-state index contributed by atoms with van der Waals surface area (Å²) in [5.74, 6) is -3.85. The Balaban J connectivity index is 1.99. The molecule has 12 heteroatoms. The van der Waals surface area contributed by atoms with E-state index < -0.39 is 36.0 Å². The highest BCUT2D eigenvalue weighted by atomic mass is 16.6. The Morgan fingerprint density at radius 2 is 1.15 bits per heavy atom. The zero-order valence-electron chi connectivity index (χ0n) is 22.0. The number of carboxylic acid groups (broad SMARTS) is 1. The van der Waals surface area contributed by atoms with Crippen LogP contribution in [0.5, 0.6) is 23.0 Å². The number of benzene rings is 3. The van der Waals surface area contributed by atoms with Crippen LogP contribution in [-0.4, -0.2) is 69.6 Å². The molecule has 0 aromatic heterocycles. The van der Waals surface area contributed by atoms with E-state index in [9.17, 15) is 24.3 Å². The monoisotopic (exact) mass is 553 g/mol. The number of hydrogen-bond acceptors (Lipinski definition) is 10. The van der Waals surface area contributed by atoms with Gasteiger partial charge in [0.1, 0.15) is 23.0 Å². The number of esters is 2. The van der Waals surface area contributed by atoms with Crippen LogP contribution in [0.2, 0.25) is 0 Å². The largest absolute Gasteiger partial charge is 0.497 e. The summed E-state index contributed by atoms with van der Waals surface area (Å²) >= 11 is 0. The number of nitrogens with one attached hydrogen (secondary N) is 1. The third kappa shape index (κ3) is 7.19. The number of rotatable bonds is 12. The Hall–Kier alpha value is -5.26. The zero-order chi connectivity index (χ0) is 29.2. The molecule has 0 saturated carbocycles. The Labute approximate surface area is 229 Å². The van der Waals surface area contributed by atoms with Gasteiger partial charge in [0, 0.05) is 6.07 Å². The maximum Gasteiger partial charge on any atom is 0.349 e. The first-order valence-corrected chi connectivity index (χ1v) is 11.7. The first-order chi connectivity index (χ1) is 19.2. The second-order valence-electron chi connectivity index (χ2n) is 8.01. The topological polar surface area (TPSA) is 156 Å². The maximum atomic E-state index is 13.5. The third-order valence-corrected chi connectivity index (χ3v) is 5.52. The third-order valence-electron chi connectivity index (χ3n) is 5.52. The fraction of sp³-hybridized carbons (Fsp3) is 0.214. The zero-order valence-corrected chi connectivity index (χ0v) is 22.0. The summed E-state index contributed by atoms with van der Waals surface area (Å²) in [6.07, 6.45) is -4.38. The van der Waals surface area contributed by atoms with Crippen LogP contribution in [0.3, 0.4) is 0 Å². The molecule has 3 aromatic carbocycles. The van der Waals surface area contributed by atoms with Crippen molar-refractivity contribution in [3.8, 4) is 23.0 Å². The van der Waals surface area contributed by atoms with E-state index in [-0.39, 0.29) is 22.6 Å².